The van der Waals surface area contributed by atoms with Crippen LogP contribution in [0.15, 0.2) is 76.4 Å². The zero-order valence-electron chi connectivity index (χ0n) is 20.5. The Kier molecular flexibility index (Phi) is 7.53. The number of aliphatic carboxylic acids is 1. The number of hydrogen-bond acceptors (Lipinski definition) is 8. The number of carboxylic acids is 1. The normalized spacial score (nSPS) is 12.2. The molecule has 1 amide bonds. The molecule has 0 spiro atoms. The first-order valence-electron chi connectivity index (χ1n) is 11.5. The van der Waals surface area contributed by atoms with E-state index in [2.05, 4.69) is 15.6 Å². The van der Waals surface area contributed by atoms with Crippen molar-refractivity contribution in [3.8, 4) is 5.75 Å². The number of ether oxygens (including phenoxy) is 1. The molecule has 1 atom stereocenters. The summed E-state index contributed by atoms with van der Waals surface area (Å²) < 4.78 is 32.3. The highest BCUT2D eigenvalue weighted by molar-refractivity contribution is 7.92. The predicted molar refractivity (Wildman–Crippen MR) is 139 cm³/mol. The van der Waals surface area contributed by atoms with Crippen molar-refractivity contribution < 1.29 is 27.9 Å². The maximum atomic E-state index is 13.1. The number of sulfone groups is 1. The monoisotopic (exact) mass is 536 g/mol. The second-order valence-corrected chi connectivity index (χ2v) is 10.6. The van der Waals surface area contributed by atoms with Gasteiger partial charge in [-0.2, -0.15) is 0 Å². The highest BCUT2D eigenvalue weighted by Gasteiger charge is 2.34. The van der Waals surface area contributed by atoms with Crippen molar-refractivity contribution in [2.75, 3.05) is 12.4 Å². The van der Waals surface area contributed by atoms with Crippen LogP contribution in [0.5, 0.6) is 5.75 Å². The summed E-state index contributed by atoms with van der Waals surface area (Å²) in [5.41, 5.74) is 1.43. The van der Waals surface area contributed by atoms with Gasteiger partial charge in [0.15, 0.2) is 15.1 Å². The molecule has 4 rings (SSSR count). The third-order valence-corrected chi connectivity index (χ3v) is 8.04. The van der Waals surface area contributed by atoms with E-state index in [-0.39, 0.29) is 11.4 Å². The minimum Gasteiger partial charge on any atom is -0.497 e. The van der Waals surface area contributed by atoms with Crippen LogP contribution in [0.4, 0.5) is 5.69 Å². The van der Waals surface area contributed by atoms with Crippen LogP contribution in [0, 0.1) is 6.92 Å². The number of hydrogen-bond donors (Lipinski definition) is 2. The van der Waals surface area contributed by atoms with Crippen LogP contribution in [0.3, 0.4) is 0 Å². The van der Waals surface area contributed by atoms with Gasteiger partial charge in [-0.3, -0.25) is 14.4 Å². The van der Waals surface area contributed by atoms with E-state index in [4.69, 9.17) is 4.74 Å². The second-order valence-electron chi connectivity index (χ2n) is 8.51. The predicted octanol–water partition coefficient (Wildman–Crippen LogP) is 2.68. The Labute approximate surface area is 217 Å². The molecule has 0 aliphatic carbocycles. The summed E-state index contributed by atoms with van der Waals surface area (Å²) in [6, 6.07) is 16.7. The number of anilines is 1. The number of aryl methyl sites for hydroxylation is 2. The number of carbonyl (C=O) groups is 2. The van der Waals surface area contributed by atoms with Gasteiger partial charge >= 0.3 is 5.97 Å². The molecule has 0 saturated carbocycles. The van der Waals surface area contributed by atoms with Crippen LogP contribution in [0.2, 0.25) is 0 Å². The smallest absolute Gasteiger partial charge is 0.322 e. The molecule has 12 heteroatoms. The van der Waals surface area contributed by atoms with E-state index in [0.29, 0.717) is 27.9 Å². The summed E-state index contributed by atoms with van der Waals surface area (Å²) in [5.74, 6) is -1.37. The molecule has 2 N–H and O–H groups in total. The van der Waals surface area contributed by atoms with E-state index < -0.39 is 38.9 Å². The number of amides is 1. The molecule has 3 aromatic carbocycles. The van der Waals surface area contributed by atoms with Gasteiger partial charge in [-0.15, -0.1) is 5.10 Å². The van der Waals surface area contributed by atoms with Crippen LogP contribution in [0.25, 0.3) is 10.9 Å². The lowest BCUT2D eigenvalue weighted by molar-refractivity contribution is -0.136. The average molecular weight is 537 g/mol. The molecule has 1 heterocycles. The Balaban J connectivity index is 1.50. The first-order chi connectivity index (χ1) is 18.1. The van der Waals surface area contributed by atoms with Crippen molar-refractivity contribution in [3.05, 3.63) is 88.2 Å². The summed E-state index contributed by atoms with van der Waals surface area (Å²) >= 11 is 0. The van der Waals surface area contributed by atoms with E-state index >= 15 is 0 Å². The Hall–Kier alpha value is -4.58. The molecule has 0 aliphatic rings. The number of methoxy groups -OCH3 is 1. The second kappa shape index (κ2) is 10.8. The summed E-state index contributed by atoms with van der Waals surface area (Å²) in [6.07, 6.45) is -0.403. The fourth-order valence-electron chi connectivity index (χ4n) is 3.83. The van der Waals surface area contributed by atoms with Gasteiger partial charge in [-0.1, -0.05) is 16.8 Å². The van der Waals surface area contributed by atoms with E-state index in [1.54, 1.807) is 42.5 Å². The van der Waals surface area contributed by atoms with Gasteiger partial charge in [-0.25, -0.2) is 13.1 Å². The van der Waals surface area contributed by atoms with Crippen molar-refractivity contribution in [2.24, 2.45) is 0 Å². The molecule has 0 fully saturated rings. The topological polar surface area (TPSA) is 158 Å². The molecular formula is C26H24N4O7S. The van der Waals surface area contributed by atoms with Gasteiger partial charge in [0.05, 0.1) is 17.4 Å². The van der Waals surface area contributed by atoms with Gasteiger partial charge in [0, 0.05) is 17.8 Å². The van der Waals surface area contributed by atoms with Crippen molar-refractivity contribution in [3.63, 3.8) is 0 Å². The van der Waals surface area contributed by atoms with Crippen molar-refractivity contribution in [1.29, 1.82) is 0 Å². The third kappa shape index (κ3) is 5.54. The van der Waals surface area contributed by atoms with Gasteiger partial charge in [0.25, 0.3) is 11.5 Å². The third-order valence-electron chi connectivity index (χ3n) is 5.92. The van der Waals surface area contributed by atoms with Crippen molar-refractivity contribution >= 4 is 38.3 Å². The highest BCUT2D eigenvalue weighted by atomic mass is 32.2. The first-order valence-corrected chi connectivity index (χ1v) is 13.0. The fraction of sp³-hybridized carbons (Fsp3) is 0.192. The van der Waals surface area contributed by atoms with Crippen molar-refractivity contribution in [1.82, 2.24) is 15.0 Å². The zero-order valence-corrected chi connectivity index (χ0v) is 21.3. The van der Waals surface area contributed by atoms with Gasteiger partial charge in [0.1, 0.15) is 11.3 Å². The Bertz CT molecular complexity index is 1670. The number of rotatable bonds is 9. The zero-order chi connectivity index (χ0) is 27.4. The minimum absolute atomic E-state index is 0.236. The lowest BCUT2D eigenvalue weighted by atomic mass is 10.2. The Morgan fingerprint density at radius 2 is 1.74 bits per heavy atom. The maximum Gasteiger partial charge on any atom is 0.322 e. The number of aromatic nitrogens is 3. The van der Waals surface area contributed by atoms with Crippen LogP contribution in [-0.2, 0) is 21.2 Å². The Morgan fingerprint density at radius 1 is 1.05 bits per heavy atom. The highest BCUT2D eigenvalue weighted by Crippen LogP contribution is 2.22. The molecule has 38 heavy (non-hydrogen) atoms. The number of nitrogens with zero attached hydrogens (tertiary/aromatic N) is 3. The molecule has 11 nitrogen and oxygen atoms in total. The molecular weight excluding hydrogens is 512 g/mol. The summed E-state index contributed by atoms with van der Waals surface area (Å²) in [5, 5.41) is 18.6. The molecule has 1 unspecified atom stereocenters. The quantitative estimate of drug-likeness (QED) is 0.328. The lowest BCUT2D eigenvalue weighted by Gasteiger charge is -2.15. The Morgan fingerprint density at radius 3 is 2.37 bits per heavy atom. The molecule has 4 aromatic rings. The molecule has 1 aromatic heterocycles. The maximum absolute atomic E-state index is 13.1. The number of carboxylic acid groups (broad SMARTS) is 1. The fourth-order valence-corrected chi connectivity index (χ4v) is 5.35. The van der Waals surface area contributed by atoms with Crippen LogP contribution in [-0.4, -0.2) is 52.8 Å². The number of nitrogens with one attached hydrogen (secondary N) is 1. The largest absolute Gasteiger partial charge is 0.497 e. The molecule has 196 valence electrons. The summed E-state index contributed by atoms with van der Waals surface area (Å²) in [6.45, 7) is 1.55. The molecule has 0 radical (unpaired) electrons. The van der Waals surface area contributed by atoms with E-state index in [1.165, 1.54) is 31.4 Å². The lowest BCUT2D eigenvalue weighted by Crippen LogP contribution is -2.34. The van der Waals surface area contributed by atoms with E-state index in [1.807, 2.05) is 6.92 Å². The number of carbonyl (C=O) groups excluding carboxylic acids is 1. The van der Waals surface area contributed by atoms with Gasteiger partial charge in [-0.05, 0) is 74.0 Å². The first kappa shape index (κ1) is 26.5. The van der Waals surface area contributed by atoms with Crippen LogP contribution < -0.4 is 15.6 Å². The molecule has 0 bridgehead atoms. The van der Waals surface area contributed by atoms with Crippen LogP contribution in [0.1, 0.15) is 22.3 Å². The molecule has 0 saturated heterocycles. The SMILES string of the molecule is COc1ccc(C(=O)Nc2ccc(S(=O)(=O)C(CCn3nnc4ccc(C)cc4c3=O)C(=O)O)cc2)cc1. The van der Waals surface area contributed by atoms with Gasteiger partial charge < -0.3 is 15.2 Å². The van der Waals surface area contributed by atoms with E-state index in [9.17, 15) is 27.9 Å². The summed E-state index contributed by atoms with van der Waals surface area (Å²) in [7, 11) is -2.82. The van der Waals surface area contributed by atoms with Gasteiger partial charge in [0.2, 0.25) is 0 Å². The van der Waals surface area contributed by atoms with E-state index in [0.717, 1.165) is 10.2 Å². The number of benzene rings is 3. The summed E-state index contributed by atoms with van der Waals surface area (Å²) in [4.78, 5) is 36.9. The minimum atomic E-state index is -4.33. The van der Waals surface area contributed by atoms with Crippen molar-refractivity contribution in [2.45, 2.75) is 30.0 Å². The average Bonchev–Trinajstić information content (AvgIpc) is 2.90. The standard InChI is InChI=1S/C26H24N4O7S/c1-16-3-12-22-21(15-16)25(32)30(29-28-22)14-13-23(26(33)34)38(35,36)20-10-6-18(7-11-20)27-24(31)17-4-8-19(37-2)9-5-17/h3-12,15,23H,13-14H2,1-2H3,(H,27,31)(H,33,34). The number of fused-ring (bicyclic) bond motifs is 1. The molecule has 0 aliphatic heterocycles. The van der Waals surface area contributed by atoms with Crippen LogP contribution >= 0.6 is 0 Å².